The summed E-state index contributed by atoms with van der Waals surface area (Å²) in [6.45, 7) is 2.19. The van der Waals surface area contributed by atoms with E-state index in [0.29, 0.717) is 13.0 Å². The first-order valence-corrected chi connectivity index (χ1v) is 7.34. The standard InChI is InChI=1S/C14H18INO4/c1-3-20-9-13(17)16-12(14(18)19-2)8-10-5-4-6-11(15)7-10/h4-7,12H,3,8-9H2,1-2H3,(H,16,17)/t12-/m0/s1. The molecule has 1 rings (SSSR count). The normalized spacial score (nSPS) is 11.8. The van der Waals surface area contributed by atoms with Crippen LogP contribution in [-0.4, -0.2) is 38.2 Å². The molecule has 1 N–H and O–H groups in total. The lowest BCUT2D eigenvalue weighted by Gasteiger charge is -2.16. The second-order valence-corrected chi connectivity index (χ2v) is 5.36. The molecule has 0 fully saturated rings. The van der Waals surface area contributed by atoms with Crippen molar-refractivity contribution in [3.05, 3.63) is 33.4 Å². The molecule has 0 aliphatic carbocycles. The molecule has 0 unspecified atom stereocenters. The number of methoxy groups -OCH3 is 1. The van der Waals surface area contributed by atoms with Crippen LogP contribution in [0.15, 0.2) is 24.3 Å². The van der Waals surface area contributed by atoms with Crippen molar-refractivity contribution >= 4 is 34.5 Å². The van der Waals surface area contributed by atoms with Crippen LogP contribution in [0, 0.1) is 3.57 Å². The van der Waals surface area contributed by atoms with Crippen molar-refractivity contribution in [3.8, 4) is 0 Å². The summed E-state index contributed by atoms with van der Waals surface area (Å²) < 4.78 is 10.8. The molecule has 6 heteroatoms. The van der Waals surface area contributed by atoms with E-state index < -0.39 is 12.0 Å². The average molecular weight is 391 g/mol. The Bertz CT molecular complexity index is 464. The minimum absolute atomic E-state index is 0.0592. The number of hydrogen-bond acceptors (Lipinski definition) is 4. The molecular weight excluding hydrogens is 373 g/mol. The first kappa shape index (κ1) is 16.9. The number of ether oxygens (including phenoxy) is 2. The molecule has 5 nitrogen and oxygen atoms in total. The molecule has 0 saturated carbocycles. The number of amides is 1. The summed E-state index contributed by atoms with van der Waals surface area (Å²) in [6, 6.07) is 7.04. The van der Waals surface area contributed by atoms with Gasteiger partial charge in [-0.3, -0.25) is 4.79 Å². The Morgan fingerprint density at radius 2 is 2.15 bits per heavy atom. The fourth-order valence-electron chi connectivity index (χ4n) is 1.67. The van der Waals surface area contributed by atoms with Gasteiger partial charge in [-0.05, 0) is 47.2 Å². The van der Waals surface area contributed by atoms with Crippen molar-refractivity contribution in [1.82, 2.24) is 5.32 Å². The summed E-state index contributed by atoms with van der Waals surface area (Å²) >= 11 is 2.20. The molecule has 20 heavy (non-hydrogen) atoms. The number of benzene rings is 1. The Labute approximate surface area is 132 Å². The third kappa shape index (κ3) is 5.87. The highest BCUT2D eigenvalue weighted by atomic mass is 127. The molecule has 0 aromatic heterocycles. The second kappa shape index (κ2) is 8.91. The lowest BCUT2D eigenvalue weighted by molar-refractivity contribution is -0.145. The van der Waals surface area contributed by atoms with Crippen molar-refractivity contribution in [2.45, 2.75) is 19.4 Å². The van der Waals surface area contributed by atoms with Crippen molar-refractivity contribution in [3.63, 3.8) is 0 Å². The predicted octanol–water partition coefficient (Wildman–Crippen LogP) is 1.53. The fourth-order valence-corrected chi connectivity index (χ4v) is 2.27. The molecule has 1 aromatic carbocycles. The molecule has 1 aromatic rings. The largest absolute Gasteiger partial charge is 0.467 e. The number of carbonyl (C=O) groups is 2. The van der Waals surface area contributed by atoms with Gasteiger partial charge in [-0.1, -0.05) is 12.1 Å². The molecule has 0 radical (unpaired) electrons. The molecule has 0 aliphatic rings. The minimum Gasteiger partial charge on any atom is -0.467 e. The van der Waals surface area contributed by atoms with Gasteiger partial charge < -0.3 is 14.8 Å². The second-order valence-electron chi connectivity index (χ2n) is 4.11. The van der Waals surface area contributed by atoms with E-state index in [-0.39, 0.29) is 12.5 Å². The first-order chi connectivity index (χ1) is 9.56. The highest BCUT2D eigenvalue weighted by molar-refractivity contribution is 14.1. The van der Waals surface area contributed by atoms with E-state index >= 15 is 0 Å². The van der Waals surface area contributed by atoms with Crippen molar-refractivity contribution in [2.75, 3.05) is 20.3 Å². The molecule has 0 aliphatic heterocycles. The van der Waals surface area contributed by atoms with Gasteiger partial charge in [0.05, 0.1) is 7.11 Å². The van der Waals surface area contributed by atoms with Gasteiger partial charge in [0, 0.05) is 16.6 Å². The van der Waals surface area contributed by atoms with Gasteiger partial charge in [0.2, 0.25) is 5.91 Å². The molecule has 0 spiro atoms. The van der Waals surface area contributed by atoms with Crippen molar-refractivity contribution in [2.24, 2.45) is 0 Å². The van der Waals surface area contributed by atoms with Crippen molar-refractivity contribution in [1.29, 1.82) is 0 Å². The number of halogens is 1. The van der Waals surface area contributed by atoms with Gasteiger partial charge in [-0.2, -0.15) is 0 Å². The van der Waals surface area contributed by atoms with Crippen LogP contribution in [0.4, 0.5) is 0 Å². The Morgan fingerprint density at radius 1 is 1.40 bits per heavy atom. The van der Waals surface area contributed by atoms with Crippen LogP contribution in [-0.2, 0) is 25.5 Å². The maximum Gasteiger partial charge on any atom is 0.328 e. The van der Waals surface area contributed by atoms with Gasteiger partial charge in [-0.15, -0.1) is 0 Å². The van der Waals surface area contributed by atoms with Crippen LogP contribution in [0.25, 0.3) is 0 Å². The monoisotopic (exact) mass is 391 g/mol. The van der Waals surface area contributed by atoms with Crippen LogP contribution in [0.1, 0.15) is 12.5 Å². The minimum atomic E-state index is -0.703. The third-order valence-corrected chi connectivity index (χ3v) is 3.26. The van der Waals surface area contributed by atoms with E-state index in [2.05, 4.69) is 27.9 Å². The van der Waals surface area contributed by atoms with E-state index in [1.165, 1.54) is 7.11 Å². The SMILES string of the molecule is CCOCC(=O)N[C@@H](Cc1cccc(I)c1)C(=O)OC. The van der Waals surface area contributed by atoms with Gasteiger partial charge in [0.15, 0.2) is 0 Å². The molecule has 0 heterocycles. The molecule has 0 saturated heterocycles. The Hall–Kier alpha value is -1.15. The van der Waals surface area contributed by atoms with Gasteiger partial charge in [0.1, 0.15) is 12.6 Å². The van der Waals surface area contributed by atoms with Crippen LogP contribution in [0.2, 0.25) is 0 Å². The van der Waals surface area contributed by atoms with E-state index in [1.54, 1.807) is 6.92 Å². The van der Waals surface area contributed by atoms with Gasteiger partial charge in [0.25, 0.3) is 0 Å². The number of carbonyl (C=O) groups excluding carboxylic acids is 2. The van der Waals surface area contributed by atoms with Crippen LogP contribution >= 0.6 is 22.6 Å². The fraction of sp³-hybridized carbons (Fsp3) is 0.429. The molecular formula is C14H18INO4. The average Bonchev–Trinajstić information content (AvgIpc) is 2.43. The van der Waals surface area contributed by atoms with Gasteiger partial charge in [-0.25, -0.2) is 4.79 Å². The Morgan fingerprint density at radius 3 is 2.75 bits per heavy atom. The van der Waals surface area contributed by atoms with E-state index in [1.807, 2.05) is 24.3 Å². The van der Waals surface area contributed by atoms with Gasteiger partial charge >= 0.3 is 5.97 Å². The summed E-state index contributed by atoms with van der Waals surface area (Å²) in [7, 11) is 1.30. The summed E-state index contributed by atoms with van der Waals surface area (Å²) in [5, 5.41) is 2.63. The quantitative estimate of drug-likeness (QED) is 0.566. The summed E-state index contributed by atoms with van der Waals surface area (Å²) in [5.41, 5.74) is 0.962. The first-order valence-electron chi connectivity index (χ1n) is 6.26. The lowest BCUT2D eigenvalue weighted by Crippen LogP contribution is -2.44. The lowest BCUT2D eigenvalue weighted by atomic mass is 10.1. The molecule has 1 atom stereocenters. The highest BCUT2D eigenvalue weighted by Gasteiger charge is 2.21. The smallest absolute Gasteiger partial charge is 0.328 e. The Kier molecular flexibility index (Phi) is 7.53. The topological polar surface area (TPSA) is 64.6 Å². The summed E-state index contributed by atoms with van der Waals surface area (Å²) in [4.78, 5) is 23.4. The zero-order valence-corrected chi connectivity index (χ0v) is 13.7. The number of rotatable bonds is 7. The summed E-state index contributed by atoms with van der Waals surface area (Å²) in [5.74, 6) is -0.790. The molecule has 1 amide bonds. The molecule has 0 bridgehead atoms. The maximum absolute atomic E-state index is 11.7. The maximum atomic E-state index is 11.7. The zero-order valence-electron chi connectivity index (χ0n) is 11.5. The van der Waals surface area contributed by atoms with Crippen LogP contribution in [0.3, 0.4) is 0 Å². The Balaban J connectivity index is 2.69. The number of nitrogens with one attached hydrogen (secondary N) is 1. The zero-order chi connectivity index (χ0) is 15.0. The van der Waals surface area contributed by atoms with E-state index in [4.69, 9.17) is 9.47 Å². The summed E-state index contributed by atoms with van der Waals surface area (Å²) in [6.07, 6.45) is 0.390. The number of hydrogen-bond donors (Lipinski definition) is 1. The van der Waals surface area contributed by atoms with Crippen molar-refractivity contribution < 1.29 is 19.1 Å². The number of esters is 1. The predicted molar refractivity (Wildman–Crippen MR) is 83.3 cm³/mol. The van der Waals surface area contributed by atoms with E-state index in [9.17, 15) is 9.59 Å². The van der Waals surface area contributed by atoms with Crippen LogP contribution < -0.4 is 5.32 Å². The van der Waals surface area contributed by atoms with Crippen LogP contribution in [0.5, 0.6) is 0 Å². The third-order valence-electron chi connectivity index (χ3n) is 2.59. The molecule has 110 valence electrons. The highest BCUT2D eigenvalue weighted by Crippen LogP contribution is 2.10. The van der Waals surface area contributed by atoms with E-state index in [0.717, 1.165) is 9.13 Å².